The minimum atomic E-state index is -3.58. The summed E-state index contributed by atoms with van der Waals surface area (Å²) in [5, 5.41) is 2.72. The summed E-state index contributed by atoms with van der Waals surface area (Å²) >= 11 is 0. The highest BCUT2D eigenvalue weighted by molar-refractivity contribution is 7.91. The van der Waals surface area contributed by atoms with Crippen LogP contribution in [-0.2, 0) is 19.4 Å². The summed E-state index contributed by atoms with van der Waals surface area (Å²) in [6.45, 7) is 1.14. The van der Waals surface area contributed by atoms with Gasteiger partial charge in [-0.2, -0.15) is 0 Å². The van der Waals surface area contributed by atoms with Crippen molar-refractivity contribution in [2.45, 2.75) is 30.3 Å². The number of methoxy groups -OCH3 is 2. The lowest BCUT2D eigenvalue weighted by Gasteiger charge is -2.12. The Morgan fingerprint density at radius 3 is 2.67 bits per heavy atom. The van der Waals surface area contributed by atoms with Gasteiger partial charge in [-0.15, -0.1) is 0 Å². The second kappa shape index (κ2) is 8.34. The molecular formula is C16H23NO6S. The van der Waals surface area contributed by atoms with Gasteiger partial charge in [0.05, 0.1) is 31.0 Å². The van der Waals surface area contributed by atoms with Crippen molar-refractivity contribution in [1.29, 1.82) is 0 Å². The van der Waals surface area contributed by atoms with Gasteiger partial charge in [-0.25, -0.2) is 8.42 Å². The van der Waals surface area contributed by atoms with E-state index in [9.17, 15) is 13.2 Å². The minimum Gasteiger partial charge on any atom is -0.493 e. The number of ether oxygens (including phenoxy) is 3. The molecule has 24 heavy (non-hydrogen) atoms. The van der Waals surface area contributed by atoms with Crippen LogP contribution in [0.25, 0.3) is 0 Å². The van der Waals surface area contributed by atoms with Crippen LogP contribution >= 0.6 is 0 Å². The molecule has 7 nitrogen and oxygen atoms in total. The average Bonchev–Trinajstić information content (AvgIpc) is 3.11. The maximum absolute atomic E-state index is 12.4. The van der Waals surface area contributed by atoms with Crippen LogP contribution in [0, 0.1) is 0 Å². The largest absolute Gasteiger partial charge is 0.493 e. The molecule has 134 valence electrons. The van der Waals surface area contributed by atoms with E-state index in [1.807, 2.05) is 0 Å². The number of amides is 1. The monoisotopic (exact) mass is 357 g/mol. The van der Waals surface area contributed by atoms with Crippen LogP contribution in [0.15, 0.2) is 23.1 Å². The van der Waals surface area contributed by atoms with Gasteiger partial charge < -0.3 is 19.5 Å². The van der Waals surface area contributed by atoms with Gasteiger partial charge in [0.15, 0.2) is 21.3 Å². The lowest BCUT2D eigenvalue weighted by Crippen LogP contribution is -2.32. The molecule has 1 amide bonds. The third-order valence-electron chi connectivity index (χ3n) is 3.86. The van der Waals surface area contributed by atoms with E-state index < -0.39 is 9.84 Å². The van der Waals surface area contributed by atoms with Crippen LogP contribution in [0.4, 0.5) is 0 Å². The summed E-state index contributed by atoms with van der Waals surface area (Å²) in [5.41, 5.74) is 0. The topological polar surface area (TPSA) is 90.9 Å². The number of rotatable bonds is 8. The summed E-state index contributed by atoms with van der Waals surface area (Å²) in [7, 11) is -0.664. The Morgan fingerprint density at radius 1 is 1.29 bits per heavy atom. The van der Waals surface area contributed by atoms with E-state index >= 15 is 0 Å². The Bertz CT molecular complexity index is 667. The van der Waals surface area contributed by atoms with E-state index in [2.05, 4.69) is 5.32 Å². The lowest BCUT2D eigenvalue weighted by atomic mass is 10.2. The second-order valence-electron chi connectivity index (χ2n) is 5.52. The first-order valence-corrected chi connectivity index (χ1v) is 9.44. The smallest absolute Gasteiger partial charge is 0.221 e. The Kier molecular flexibility index (Phi) is 6.44. The zero-order chi connectivity index (χ0) is 17.6. The number of hydrogen-bond donors (Lipinski definition) is 1. The first kappa shape index (κ1) is 18.5. The number of hydrogen-bond acceptors (Lipinski definition) is 6. The van der Waals surface area contributed by atoms with E-state index in [4.69, 9.17) is 14.2 Å². The molecule has 1 fully saturated rings. The molecule has 0 bridgehead atoms. The minimum absolute atomic E-state index is 0.0383. The molecule has 0 aliphatic carbocycles. The van der Waals surface area contributed by atoms with E-state index in [1.54, 1.807) is 0 Å². The van der Waals surface area contributed by atoms with Gasteiger partial charge >= 0.3 is 0 Å². The van der Waals surface area contributed by atoms with Crippen LogP contribution in [0.5, 0.6) is 11.5 Å². The number of carbonyl (C=O) groups excluding carboxylic acids is 1. The van der Waals surface area contributed by atoms with Crippen molar-refractivity contribution in [2.75, 3.05) is 33.1 Å². The van der Waals surface area contributed by atoms with Crippen molar-refractivity contribution in [3.05, 3.63) is 18.2 Å². The molecule has 1 unspecified atom stereocenters. The standard InChI is InChI=1S/C16H23NO6S/c1-21-14-6-5-13(10-15(14)22-2)24(19,20)9-7-16(18)17-11-12-4-3-8-23-12/h5-6,10,12H,3-4,7-9,11H2,1-2H3,(H,17,18). The van der Waals surface area contributed by atoms with E-state index in [-0.39, 0.29) is 29.1 Å². The molecule has 1 saturated heterocycles. The summed E-state index contributed by atoms with van der Waals surface area (Å²) in [4.78, 5) is 11.9. The Labute approximate surface area is 142 Å². The fourth-order valence-corrected chi connectivity index (χ4v) is 3.73. The highest BCUT2D eigenvalue weighted by atomic mass is 32.2. The van der Waals surface area contributed by atoms with Crippen molar-refractivity contribution in [1.82, 2.24) is 5.32 Å². The van der Waals surface area contributed by atoms with E-state index in [1.165, 1.54) is 32.4 Å². The highest BCUT2D eigenvalue weighted by Gasteiger charge is 2.20. The lowest BCUT2D eigenvalue weighted by molar-refractivity contribution is -0.121. The Morgan fingerprint density at radius 2 is 2.04 bits per heavy atom. The molecule has 2 rings (SSSR count). The van der Waals surface area contributed by atoms with Crippen molar-refractivity contribution < 1.29 is 27.4 Å². The first-order valence-electron chi connectivity index (χ1n) is 7.79. The molecule has 1 aliphatic rings. The van der Waals surface area contributed by atoms with Crippen molar-refractivity contribution in [3.8, 4) is 11.5 Å². The van der Waals surface area contributed by atoms with Crippen molar-refractivity contribution in [3.63, 3.8) is 0 Å². The quantitative estimate of drug-likeness (QED) is 0.751. The van der Waals surface area contributed by atoms with Gasteiger partial charge in [-0.1, -0.05) is 0 Å². The number of nitrogens with one attached hydrogen (secondary N) is 1. The average molecular weight is 357 g/mol. The maximum Gasteiger partial charge on any atom is 0.221 e. The number of carbonyl (C=O) groups is 1. The van der Waals surface area contributed by atoms with Crippen LogP contribution in [0.1, 0.15) is 19.3 Å². The first-order chi connectivity index (χ1) is 11.5. The molecule has 0 aromatic heterocycles. The normalized spacial score (nSPS) is 17.5. The molecule has 0 radical (unpaired) electrons. The van der Waals surface area contributed by atoms with E-state index in [0.29, 0.717) is 24.7 Å². The molecular weight excluding hydrogens is 334 g/mol. The van der Waals surface area contributed by atoms with Crippen LogP contribution in [0.2, 0.25) is 0 Å². The summed E-state index contributed by atoms with van der Waals surface area (Å²) in [5.74, 6) is 0.224. The molecule has 1 aromatic carbocycles. The molecule has 1 atom stereocenters. The molecule has 1 aliphatic heterocycles. The summed E-state index contributed by atoms with van der Waals surface area (Å²) in [6.07, 6.45) is 1.86. The number of sulfone groups is 1. The summed E-state index contributed by atoms with van der Waals surface area (Å²) < 4.78 is 40.3. The molecule has 1 aromatic rings. The molecule has 0 spiro atoms. The van der Waals surface area contributed by atoms with Gasteiger partial charge in [0.25, 0.3) is 0 Å². The van der Waals surface area contributed by atoms with Crippen LogP contribution in [0.3, 0.4) is 0 Å². The zero-order valence-corrected chi connectivity index (χ0v) is 14.7. The van der Waals surface area contributed by atoms with Gasteiger partial charge in [0.2, 0.25) is 5.91 Å². The zero-order valence-electron chi connectivity index (χ0n) is 13.9. The van der Waals surface area contributed by atoms with Gasteiger partial charge in [0.1, 0.15) is 0 Å². The van der Waals surface area contributed by atoms with Crippen molar-refractivity contribution in [2.24, 2.45) is 0 Å². The summed E-state index contributed by atoms with van der Waals surface area (Å²) in [6, 6.07) is 4.38. The fourth-order valence-electron chi connectivity index (χ4n) is 2.48. The van der Waals surface area contributed by atoms with Crippen LogP contribution in [-0.4, -0.2) is 53.6 Å². The van der Waals surface area contributed by atoms with Gasteiger partial charge in [-0.05, 0) is 25.0 Å². The molecule has 0 saturated carbocycles. The van der Waals surface area contributed by atoms with Gasteiger partial charge in [0, 0.05) is 25.6 Å². The predicted molar refractivity (Wildman–Crippen MR) is 88.2 cm³/mol. The van der Waals surface area contributed by atoms with Crippen molar-refractivity contribution >= 4 is 15.7 Å². The predicted octanol–water partition coefficient (Wildman–Crippen LogP) is 1.16. The second-order valence-corrected chi connectivity index (χ2v) is 7.63. The fraction of sp³-hybridized carbons (Fsp3) is 0.562. The van der Waals surface area contributed by atoms with Crippen LogP contribution < -0.4 is 14.8 Å². The highest BCUT2D eigenvalue weighted by Crippen LogP contribution is 2.29. The van der Waals surface area contributed by atoms with E-state index in [0.717, 1.165) is 12.8 Å². The molecule has 1 heterocycles. The third-order valence-corrected chi connectivity index (χ3v) is 5.58. The third kappa shape index (κ3) is 4.85. The Hall–Kier alpha value is -1.80. The maximum atomic E-state index is 12.4. The van der Waals surface area contributed by atoms with Gasteiger partial charge in [-0.3, -0.25) is 4.79 Å². The number of benzene rings is 1. The Balaban J connectivity index is 1.91. The molecule has 8 heteroatoms. The SMILES string of the molecule is COc1ccc(S(=O)(=O)CCC(=O)NCC2CCCO2)cc1OC. The molecule has 1 N–H and O–H groups in total.